The van der Waals surface area contributed by atoms with Gasteiger partial charge in [0, 0.05) is 43.6 Å². The molecule has 5 heteroatoms. The van der Waals surface area contributed by atoms with Gasteiger partial charge < -0.3 is 14.5 Å². The number of likely N-dealkylation sites (tertiary alicyclic amines) is 1. The number of anilines is 1. The van der Waals surface area contributed by atoms with Gasteiger partial charge in [0.15, 0.2) is 0 Å². The predicted octanol–water partition coefficient (Wildman–Crippen LogP) is 3.75. The number of hydrogen-bond acceptors (Lipinski definition) is 4. The summed E-state index contributed by atoms with van der Waals surface area (Å²) in [6, 6.07) is 13.8. The van der Waals surface area contributed by atoms with E-state index in [1.165, 1.54) is 0 Å². The van der Waals surface area contributed by atoms with Gasteiger partial charge in [-0.25, -0.2) is 0 Å². The SMILES string of the molecule is CCN(CC)c1ccc(C(=O)N2CCCC(OCc3ccccn3)C2)cc1. The molecule has 0 saturated carbocycles. The van der Waals surface area contributed by atoms with Gasteiger partial charge in [0.1, 0.15) is 0 Å². The highest BCUT2D eigenvalue weighted by Gasteiger charge is 2.25. The van der Waals surface area contributed by atoms with E-state index in [2.05, 4.69) is 23.7 Å². The fraction of sp³-hybridized carbons (Fsp3) is 0.455. The molecule has 0 aliphatic carbocycles. The van der Waals surface area contributed by atoms with Gasteiger partial charge >= 0.3 is 0 Å². The van der Waals surface area contributed by atoms with Crippen molar-refractivity contribution in [3.05, 3.63) is 59.9 Å². The Morgan fingerprint density at radius 3 is 2.63 bits per heavy atom. The summed E-state index contributed by atoms with van der Waals surface area (Å²) < 4.78 is 6.00. The molecule has 0 bridgehead atoms. The number of piperidine rings is 1. The molecule has 0 radical (unpaired) electrons. The summed E-state index contributed by atoms with van der Waals surface area (Å²) in [5.74, 6) is 0.0900. The number of ether oxygens (including phenoxy) is 1. The highest BCUT2D eigenvalue weighted by Crippen LogP contribution is 2.20. The van der Waals surface area contributed by atoms with Crippen LogP contribution in [0.4, 0.5) is 5.69 Å². The molecule has 1 atom stereocenters. The Kier molecular flexibility index (Phi) is 6.82. The molecule has 1 saturated heterocycles. The smallest absolute Gasteiger partial charge is 0.253 e. The molecule has 1 fully saturated rings. The number of hydrogen-bond donors (Lipinski definition) is 0. The van der Waals surface area contributed by atoms with Crippen molar-refractivity contribution in [1.29, 1.82) is 0 Å². The van der Waals surface area contributed by atoms with Crippen molar-refractivity contribution in [2.75, 3.05) is 31.1 Å². The van der Waals surface area contributed by atoms with Crippen molar-refractivity contribution < 1.29 is 9.53 Å². The summed E-state index contributed by atoms with van der Waals surface area (Å²) in [6.07, 6.45) is 3.80. The lowest BCUT2D eigenvalue weighted by Gasteiger charge is -2.32. The topological polar surface area (TPSA) is 45.7 Å². The maximum Gasteiger partial charge on any atom is 0.253 e. The molecule has 1 unspecified atom stereocenters. The van der Waals surface area contributed by atoms with Crippen LogP contribution in [-0.2, 0) is 11.3 Å². The zero-order chi connectivity index (χ0) is 19.1. The molecular weight excluding hydrogens is 338 g/mol. The fourth-order valence-electron chi connectivity index (χ4n) is 3.53. The van der Waals surface area contributed by atoms with E-state index in [0.29, 0.717) is 13.2 Å². The summed E-state index contributed by atoms with van der Waals surface area (Å²) >= 11 is 0. The van der Waals surface area contributed by atoms with E-state index in [-0.39, 0.29) is 12.0 Å². The van der Waals surface area contributed by atoms with E-state index in [9.17, 15) is 4.79 Å². The lowest BCUT2D eigenvalue weighted by Crippen LogP contribution is -2.43. The summed E-state index contributed by atoms with van der Waals surface area (Å²) in [4.78, 5) is 21.4. The van der Waals surface area contributed by atoms with Gasteiger partial charge in [0.05, 0.1) is 18.4 Å². The van der Waals surface area contributed by atoms with Crippen LogP contribution in [0.15, 0.2) is 48.7 Å². The summed E-state index contributed by atoms with van der Waals surface area (Å²) in [6.45, 7) is 8.13. The molecule has 2 aromatic rings. The Bertz CT molecular complexity index is 714. The maximum absolute atomic E-state index is 12.9. The molecular formula is C22H29N3O2. The standard InChI is InChI=1S/C22H29N3O2/c1-3-24(4-2)20-12-10-18(11-13-20)22(26)25-15-7-9-21(16-25)27-17-19-8-5-6-14-23-19/h5-6,8,10-14,21H,3-4,7,9,15-17H2,1-2H3. The molecule has 0 spiro atoms. The number of amides is 1. The highest BCUT2D eigenvalue weighted by molar-refractivity contribution is 5.94. The second kappa shape index (κ2) is 9.51. The van der Waals surface area contributed by atoms with Crippen LogP contribution in [0.1, 0.15) is 42.7 Å². The van der Waals surface area contributed by atoms with Crippen LogP contribution in [0.3, 0.4) is 0 Å². The van der Waals surface area contributed by atoms with Crippen LogP contribution in [0.5, 0.6) is 0 Å². The minimum Gasteiger partial charge on any atom is -0.372 e. The van der Waals surface area contributed by atoms with Crippen molar-refractivity contribution in [1.82, 2.24) is 9.88 Å². The molecule has 144 valence electrons. The number of rotatable bonds is 7. The molecule has 2 heterocycles. The first kappa shape index (κ1) is 19.4. The molecule has 0 N–H and O–H groups in total. The van der Waals surface area contributed by atoms with Crippen LogP contribution in [0, 0.1) is 0 Å². The Balaban J connectivity index is 1.57. The number of carbonyl (C=O) groups excluding carboxylic acids is 1. The van der Waals surface area contributed by atoms with Crippen molar-refractivity contribution in [2.24, 2.45) is 0 Å². The van der Waals surface area contributed by atoms with Crippen molar-refractivity contribution in [3.63, 3.8) is 0 Å². The Morgan fingerprint density at radius 2 is 1.96 bits per heavy atom. The minimum atomic E-state index is 0.0691. The van der Waals surface area contributed by atoms with E-state index < -0.39 is 0 Å². The first-order valence-corrected chi connectivity index (χ1v) is 9.87. The van der Waals surface area contributed by atoms with E-state index in [4.69, 9.17) is 4.74 Å². The van der Waals surface area contributed by atoms with E-state index >= 15 is 0 Å². The van der Waals surface area contributed by atoms with Crippen LogP contribution in [-0.4, -0.2) is 48.1 Å². The molecule has 27 heavy (non-hydrogen) atoms. The predicted molar refractivity (Wildman–Crippen MR) is 108 cm³/mol. The molecule has 1 aromatic heterocycles. The average Bonchev–Trinajstić information content (AvgIpc) is 2.74. The fourth-order valence-corrected chi connectivity index (χ4v) is 3.53. The molecule has 1 aromatic carbocycles. The van der Waals surface area contributed by atoms with Crippen molar-refractivity contribution in [3.8, 4) is 0 Å². The largest absolute Gasteiger partial charge is 0.372 e. The molecule has 1 aliphatic heterocycles. The quantitative estimate of drug-likeness (QED) is 0.748. The van der Waals surface area contributed by atoms with Crippen molar-refractivity contribution >= 4 is 11.6 Å². The third-order valence-electron chi connectivity index (χ3n) is 5.10. The monoisotopic (exact) mass is 367 g/mol. The molecule has 1 aliphatic rings. The van der Waals surface area contributed by atoms with Crippen LogP contribution < -0.4 is 4.90 Å². The Hall–Kier alpha value is -2.40. The molecule has 1 amide bonds. The Morgan fingerprint density at radius 1 is 1.19 bits per heavy atom. The van der Waals surface area contributed by atoms with Gasteiger partial charge in [-0.2, -0.15) is 0 Å². The third-order valence-corrected chi connectivity index (χ3v) is 5.10. The van der Waals surface area contributed by atoms with E-state index in [1.54, 1.807) is 6.20 Å². The first-order chi connectivity index (χ1) is 13.2. The third kappa shape index (κ3) is 5.07. The van der Waals surface area contributed by atoms with Gasteiger partial charge in [-0.3, -0.25) is 9.78 Å². The van der Waals surface area contributed by atoms with Crippen molar-refractivity contribution in [2.45, 2.75) is 39.4 Å². The number of aromatic nitrogens is 1. The van der Waals surface area contributed by atoms with Crippen LogP contribution in [0.25, 0.3) is 0 Å². The van der Waals surface area contributed by atoms with Crippen LogP contribution >= 0.6 is 0 Å². The summed E-state index contributed by atoms with van der Waals surface area (Å²) in [7, 11) is 0. The maximum atomic E-state index is 12.9. The van der Waals surface area contributed by atoms with Gasteiger partial charge in [-0.05, 0) is 63.1 Å². The zero-order valence-electron chi connectivity index (χ0n) is 16.3. The van der Waals surface area contributed by atoms with Gasteiger partial charge in [0.2, 0.25) is 0 Å². The van der Waals surface area contributed by atoms with Gasteiger partial charge in [-0.1, -0.05) is 6.07 Å². The average molecular weight is 367 g/mol. The normalized spacial score (nSPS) is 17.0. The van der Waals surface area contributed by atoms with E-state index in [1.807, 2.05) is 47.4 Å². The minimum absolute atomic E-state index is 0.0691. The lowest BCUT2D eigenvalue weighted by atomic mass is 10.1. The van der Waals surface area contributed by atoms with Gasteiger partial charge in [0.25, 0.3) is 5.91 Å². The Labute approximate surface area is 162 Å². The lowest BCUT2D eigenvalue weighted by molar-refractivity contribution is -0.00785. The molecule has 3 rings (SSSR count). The number of carbonyl (C=O) groups is 1. The highest BCUT2D eigenvalue weighted by atomic mass is 16.5. The summed E-state index contributed by atoms with van der Waals surface area (Å²) in [5.41, 5.74) is 2.83. The first-order valence-electron chi connectivity index (χ1n) is 9.87. The van der Waals surface area contributed by atoms with Crippen LogP contribution in [0.2, 0.25) is 0 Å². The number of benzene rings is 1. The second-order valence-electron chi connectivity index (χ2n) is 6.87. The number of pyridine rings is 1. The second-order valence-corrected chi connectivity index (χ2v) is 6.87. The van der Waals surface area contributed by atoms with E-state index in [0.717, 1.165) is 49.4 Å². The molecule has 5 nitrogen and oxygen atoms in total. The van der Waals surface area contributed by atoms with Gasteiger partial charge in [-0.15, -0.1) is 0 Å². The summed E-state index contributed by atoms with van der Waals surface area (Å²) in [5, 5.41) is 0. The number of nitrogens with zero attached hydrogens (tertiary/aromatic N) is 3. The zero-order valence-corrected chi connectivity index (χ0v) is 16.3.